The summed E-state index contributed by atoms with van der Waals surface area (Å²) in [6.45, 7) is 0. The highest BCUT2D eigenvalue weighted by atomic mass is 32.2. The van der Waals surface area contributed by atoms with Gasteiger partial charge in [-0.1, -0.05) is 30.0 Å². The molecule has 0 atom stereocenters. The Hall–Kier alpha value is -2.48. The van der Waals surface area contributed by atoms with E-state index in [0.717, 1.165) is 5.56 Å². The van der Waals surface area contributed by atoms with Crippen LogP contribution >= 0.6 is 11.8 Å². The summed E-state index contributed by atoms with van der Waals surface area (Å²) in [7, 11) is 1.73. The van der Waals surface area contributed by atoms with Crippen molar-refractivity contribution < 1.29 is 13.5 Å². The summed E-state index contributed by atoms with van der Waals surface area (Å²) in [5.41, 5.74) is 0.747. The maximum atomic E-state index is 14.1. The molecule has 0 aliphatic carbocycles. The van der Waals surface area contributed by atoms with Crippen LogP contribution < -0.4 is 4.74 Å². The molecule has 0 aliphatic rings. The molecule has 0 radical (unpaired) electrons. The third-order valence-corrected chi connectivity index (χ3v) is 4.08. The Morgan fingerprint density at radius 3 is 2.57 bits per heavy atom. The molecule has 2 aromatic carbocycles. The first kappa shape index (κ1) is 15.4. The van der Waals surface area contributed by atoms with Crippen LogP contribution in [-0.4, -0.2) is 20.2 Å². The molecule has 23 heavy (non-hydrogen) atoms. The lowest BCUT2D eigenvalue weighted by molar-refractivity contribution is 0.414. The standard InChI is InChI=1S/C15H12F2N4OS/c1-21-15(18-19-20-21)23-9-10-6-7-14(12(17)8-10)22-13-5-3-2-4-11(13)16/h2-8H,9H2,1H3. The van der Waals surface area contributed by atoms with Gasteiger partial charge in [-0.2, -0.15) is 0 Å². The summed E-state index contributed by atoms with van der Waals surface area (Å²) < 4.78 is 34.4. The van der Waals surface area contributed by atoms with Gasteiger partial charge < -0.3 is 4.74 Å². The van der Waals surface area contributed by atoms with Crippen LogP contribution in [0.2, 0.25) is 0 Å². The summed E-state index contributed by atoms with van der Waals surface area (Å²) in [6.07, 6.45) is 0. The van der Waals surface area contributed by atoms with E-state index in [-0.39, 0.29) is 11.5 Å². The number of halogens is 2. The summed E-state index contributed by atoms with van der Waals surface area (Å²) in [6, 6.07) is 10.4. The predicted octanol–water partition coefficient (Wildman–Crippen LogP) is 3.57. The van der Waals surface area contributed by atoms with Gasteiger partial charge in [-0.15, -0.1) is 5.10 Å². The van der Waals surface area contributed by atoms with Gasteiger partial charge in [0.1, 0.15) is 0 Å². The SMILES string of the molecule is Cn1nnnc1SCc1ccc(Oc2ccccc2F)c(F)c1. The van der Waals surface area contributed by atoms with Crippen molar-refractivity contribution in [1.29, 1.82) is 0 Å². The molecule has 0 bridgehead atoms. The van der Waals surface area contributed by atoms with Crippen LogP contribution in [0.4, 0.5) is 8.78 Å². The van der Waals surface area contributed by atoms with Crippen molar-refractivity contribution in [1.82, 2.24) is 20.2 Å². The van der Waals surface area contributed by atoms with Crippen molar-refractivity contribution in [2.75, 3.05) is 0 Å². The van der Waals surface area contributed by atoms with Gasteiger partial charge in [-0.25, -0.2) is 13.5 Å². The second-order valence-corrected chi connectivity index (χ2v) is 5.61. The smallest absolute Gasteiger partial charge is 0.209 e. The van der Waals surface area contributed by atoms with Crippen LogP contribution in [0.5, 0.6) is 11.5 Å². The number of hydrogen-bond donors (Lipinski definition) is 0. The highest BCUT2D eigenvalue weighted by Crippen LogP contribution is 2.28. The van der Waals surface area contributed by atoms with E-state index in [1.807, 2.05) is 0 Å². The molecule has 0 unspecified atom stereocenters. The zero-order chi connectivity index (χ0) is 16.2. The molecule has 0 aliphatic heterocycles. The molecule has 0 amide bonds. The number of hydrogen-bond acceptors (Lipinski definition) is 5. The van der Waals surface area contributed by atoms with E-state index in [1.165, 1.54) is 40.7 Å². The molecule has 0 saturated carbocycles. The summed E-state index contributed by atoms with van der Waals surface area (Å²) in [5, 5.41) is 11.7. The minimum atomic E-state index is -0.553. The first-order chi connectivity index (χ1) is 11.1. The third-order valence-electron chi connectivity index (χ3n) is 3.00. The van der Waals surface area contributed by atoms with E-state index < -0.39 is 11.6 Å². The average Bonchev–Trinajstić information content (AvgIpc) is 2.95. The van der Waals surface area contributed by atoms with Crippen LogP contribution in [0, 0.1) is 11.6 Å². The van der Waals surface area contributed by atoms with Crippen LogP contribution in [0.15, 0.2) is 47.6 Å². The number of tetrazole rings is 1. The van der Waals surface area contributed by atoms with Crippen molar-refractivity contribution in [3.63, 3.8) is 0 Å². The van der Waals surface area contributed by atoms with E-state index in [2.05, 4.69) is 15.5 Å². The normalized spacial score (nSPS) is 10.7. The minimum Gasteiger partial charge on any atom is -0.451 e. The van der Waals surface area contributed by atoms with Crippen LogP contribution in [0.25, 0.3) is 0 Å². The fourth-order valence-electron chi connectivity index (χ4n) is 1.85. The molecule has 1 aromatic heterocycles. The molecule has 8 heteroatoms. The van der Waals surface area contributed by atoms with Gasteiger partial charge >= 0.3 is 0 Å². The number of thioether (sulfide) groups is 1. The van der Waals surface area contributed by atoms with Gasteiger partial charge in [0.05, 0.1) is 0 Å². The number of benzene rings is 2. The number of ether oxygens (including phenoxy) is 1. The first-order valence-electron chi connectivity index (χ1n) is 6.69. The van der Waals surface area contributed by atoms with Gasteiger partial charge in [-0.05, 0) is 40.3 Å². The molecule has 0 N–H and O–H groups in total. The molecular formula is C15H12F2N4OS. The van der Waals surface area contributed by atoms with Gasteiger partial charge in [0, 0.05) is 12.8 Å². The van der Waals surface area contributed by atoms with Gasteiger partial charge in [0.25, 0.3) is 0 Å². The molecule has 0 fully saturated rings. The number of aromatic nitrogens is 4. The highest BCUT2D eigenvalue weighted by Gasteiger charge is 2.10. The fourth-order valence-corrected chi connectivity index (χ4v) is 2.65. The van der Waals surface area contributed by atoms with Crippen molar-refractivity contribution in [3.05, 3.63) is 59.7 Å². The predicted molar refractivity (Wildman–Crippen MR) is 81.2 cm³/mol. The molecular weight excluding hydrogens is 322 g/mol. The van der Waals surface area contributed by atoms with Crippen LogP contribution in [-0.2, 0) is 12.8 Å². The Bertz CT molecular complexity index is 825. The highest BCUT2D eigenvalue weighted by molar-refractivity contribution is 7.98. The summed E-state index contributed by atoms with van der Waals surface area (Å²) in [4.78, 5) is 0. The number of para-hydroxylation sites is 1. The molecule has 118 valence electrons. The lowest BCUT2D eigenvalue weighted by atomic mass is 10.2. The van der Waals surface area contributed by atoms with Crippen molar-refractivity contribution in [2.24, 2.45) is 7.05 Å². The minimum absolute atomic E-state index is 0.0151. The molecule has 0 saturated heterocycles. The van der Waals surface area contributed by atoms with Crippen molar-refractivity contribution in [2.45, 2.75) is 10.9 Å². The third kappa shape index (κ3) is 3.65. The van der Waals surface area contributed by atoms with Crippen molar-refractivity contribution in [3.8, 4) is 11.5 Å². The zero-order valence-electron chi connectivity index (χ0n) is 12.1. The van der Waals surface area contributed by atoms with Gasteiger partial charge in [-0.3, -0.25) is 0 Å². The van der Waals surface area contributed by atoms with Gasteiger partial charge in [0.15, 0.2) is 23.1 Å². The maximum absolute atomic E-state index is 14.1. The van der Waals surface area contributed by atoms with Crippen LogP contribution in [0.3, 0.4) is 0 Å². The largest absolute Gasteiger partial charge is 0.451 e. The fraction of sp³-hybridized carbons (Fsp3) is 0.133. The van der Waals surface area contributed by atoms with Crippen molar-refractivity contribution >= 4 is 11.8 Å². The lowest BCUT2D eigenvalue weighted by Gasteiger charge is -2.09. The molecule has 1 heterocycles. The van der Waals surface area contributed by atoms with E-state index in [4.69, 9.17) is 4.74 Å². The Morgan fingerprint density at radius 1 is 1.09 bits per heavy atom. The maximum Gasteiger partial charge on any atom is 0.209 e. The summed E-state index contributed by atoms with van der Waals surface area (Å²) in [5.74, 6) is -0.628. The van der Waals surface area contributed by atoms with E-state index in [1.54, 1.807) is 25.2 Å². The number of aryl methyl sites for hydroxylation is 1. The molecule has 3 rings (SSSR count). The lowest BCUT2D eigenvalue weighted by Crippen LogP contribution is -1.95. The van der Waals surface area contributed by atoms with Crippen LogP contribution in [0.1, 0.15) is 5.56 Å². The zero-order valence-corrected chi connectivity index (χ0v) is 12.9. The second-order valence-electron chi connectivity index (χ2n) is 4.67. The Morgan fingerprint density at radius 2 is 1.87 bits per heavy atom. The second kappa shape index (κ2) is 6.74. The summed E-state index contributed by atoms with van der Waals surface area (Å²) >= 11 is 1.39. The molecule has 5 nitrogen and oxygen atoms in total. The van der Waals surface area contributed by atoms with E-state index in [9.17, 15) is 8.78 Å². The first-order valence-corrected chi connectivity index (χ1v) is 7.68. The quantitative estimate of drug-likeness (QED) is 0.668. The Labute approximate surface area is 135 Å². The Balaban J connectivity index is 1.71. The van der Waals surface area contributed by atoms with E-state index >= 15 is 0 Å². The molecule has 0 spiro atoms. The number of nitrogens with zero attached hydrogens (tertiary/aromatic N) is 4. The number of rotatable bonds is 5. The topological polar surface area (TPSA) is 52.8 Å². The molecule has 3 aromatic rings. The van der Waals surface area contributed by atoms with E-state index in [0.29, 0.717) is 10.9 Å². The monoisotopic (exact) mass is 334 g/mol. The average molecular weight is 334 g/mol. The Kier molecular flexibility index (Phi) is 4.52. The van der Waals surface area contributed by atoms with Gasteiger partial charge in [0.2, 0.25) is 5.16 Å².